The van der Waals surface area contributed by atoms with Crippen molar-refractivity contribution in [1.82, 2.24) is 0 Å². The van der Waals surface area contributed by atoms with E-state index < -0.39 is 0 Å². The molecule has 1 aromatic rings. The summed E-state index contributed by atoms with van der Waals surface area (Å²) < 4.78 is 10.5. The molecule has 1 saturated heterocycles. The highest BCUT2D eigenvalue weighted by molar-refractivity contribution is 5.29. The van der Waals surface area contributed by atoms with Gasteiger partial charge in [0.1, 0.15) is 11.5 Å². The molecule has 3 nitrogen and oxygen atoms in total. The van der Waals surface area contributed by atoms with Gasteiger partial charge in [0.05, 0.1) is 19.3 Å². The fraction of sp³-hybridized carbons (Fsp3) is 0.400. The number of phenols is 1. The Bertz CT molecular complexity index is 264. The molecule has 1 aliphatic heterocycles. The van der Waals surface area contributed by atoms with Gasteiger partial charge < -0.3 is 14.6 Å². The van der Waals surface area contributed by atoms with E-state index in [1.165, 1.54) is 0 Å². The Morgan fingerprint density at radius 1 is 1.38 bits per heavy atom. The standard InChI is InChI=1S/C10H12O3/c11-8-1-3-9(4-2-8)12-6-5-10-7-13-10/h1-4,10-11H,5-7H2. The number of epoxide rings is 1. The SMILES string of the molecule is Oc1ccc(OCCC2CO2)cc1. The van der Waals surface area contributed by atoms with E-state index in [-0.39, 0.29) is 5.75 Å². The quantitative estimate of drug-likeness (QED) is 0.715. The first-order valence-corrected chi connectivity index (χ1v) is 4.38. The highest BCUT2D eigenvalue weighted by Gasteiger charge is 2.21. The fourth-order valence-electron chi connectivity index (χ4n) is 1.09. The molecule has 0 amide bonds. The Kier molecular flexibility index (Phi) is 2.36. The van der Waals surface area contributed by atoms with Gasteiger partial charge in [0.2, 0.25) is 0 Å². The molecule has 1 N–H and O–H groups in total. The van der Waals surface area contributed by atoms with Crippen LogP contribution in [0.25, 0.3) is 0 Å². The third kappa shape index (κ3) is 2.63. The summed E-state index contributed by atoms with van der Waals surface area (Å²) in [6, 6.07) is 6.73. The van der Waals surface area contributed by atoms with Gasteiger partial charge in [0, 0.05) is 6.42 Å². The predicted octanol–water partition coefficient (Wildman–Crippen LogP) is 1.56. The van der Waals surface area contributed by atoms with Crippen molar-refractivity contribution in [2.45, 2.75) is 12.5 Å². The summed E-state index contributed by atoms with van der Waals surface area (Å²) in [7, 11) is 0. The Morgan fingerprint density at radius 2 is 2.08 bits per heavy atom. The molecule has 0 saturated carbocycles. The van der Waals surface area contributed by atoms with E-state index in [1.807, 2.05) is 0 Å². The first-order chi connectivity index (χ1) is 6.34. The van der Waals surface area contributed by atoms with E-state index in [4.69, 9.17) is 14.6 Å². The summed E-state index contributed by atoms with van der Waals surface area (Å²) in [5.74, 6) is 1.05. The molecule has 70 valence electrons. The number of hydrogen-bond acceptors (Lipinski definition) is 3. The minimum absolute atomic E-state index is 0.262. The first kappa shape index (κ1) is 8.38. The maximum absolute atomic E-state index is 9.00. The van der Waals surface area contributed by atoms with Gasteiger partial charge >= 0.3 is 0 Å². The van der Waals surface area contributed by atoms with Crippen LogP contribution in [0.1, 0.15) is 6.42 Å². The molecular formula is C10H12O3. The molecule has 0 aromatic heterocycles. The van der Waals surface area contributed by atoms with Crippen molar-refractivity contribution >= 4 is 0 Å². The summed E-state index contributed by atoms with van der Waals surface area (Å²) in [6.45, 7) is 1.55. The molecule has 0 spiro atoms. The Morgan fingerprint density at radius 3 is 2.69 bits per heavy atom. The van der Waals surface area contributed by atoms with Gasteiger partial charge in [-0.3, -0.25) is 0 Å². The zero-order valence-electron chi connectivity index (χ0n) is 7.27. The molecule has 0 radical (unpaired) electrons. The van der Waals surface area contributed by atoms with E-state index in [0.29, 0.717) is 12.7 Å². The third-order valence-corrected chi connectivity index (χ3v) is 1.95. The molecule has 13 heavy (non-hydrogen) atoms. The van der Waals surface area contributed by atoms with Crippen molar-refractivity contribution in [1.29, 1.82) is 0 Å². The second-order valence-corrected chi connectivity index (χ2v) is 3.09. The lowest BCUT2D eigenvalue weighted by molar-refractivity contribution is 0.282. The highest BCUT2D eigenvalue weighted by atomic mass is 16.6. The zero-order chi connectivity index (χ0) is 9.10. The number of benzene rings is 1. The minimum atomic E-state index is 0.262. The van der Waals surface area contributed by atoms with Crippen LogP contribution >= 0.6 is 0 Å². The van der Waals surface area contributed by atoms with Crippen molar-refractivity contribution in [3.63, 3.8) is 0 Å². The van der Waals surface area contributed by atoms with Crippen LogP contribution in [-0.4, -0.2) is 24.4 Å². The molecule has 1 atom stereocenters. The van der Waals surface area contributed by atoms with E-state index in [2.05, 4.69) is 0 Å². The van der Waals surface area contributed by atoms with Crippen LogP contribution in [0, 0.1) is 0 Å². The van der Waals surface area contributed by atoms with Crippen LogP contribution in [0.3, 0.4) is 0 Å². The van der Waals surface area contributed by atoms with Crippen LogP contribution in [0.15, 0.2) is 24.3 Å². The van der Waals surface area contributed by atoms with Crippen molar-refractivity contribution < 1.29 is 14.6 Å². The van der Waals surface area contributed by atoms with Gasteiger partial charge in [-0.25, -0.2) is 0 Å². The number of phenolic OH excluding ortho intramolecular Hbond substituents is 1. The first-order valence-electron chi connectivity index (χ1n) is 4.38. The number of rotatable bonds is 4. The Labute approximate surface area is 76.9 Å². The Hall–Kier alpha value is -1.22. The average Bonchev–Trinajstić information content (AvgIpc) is 2.92. The summed E-state index contributed by atoms with van der Waals surface area (Å²) in [6.07, 6.45) is 1.36. The van der Waals surface area contributed by atoms with E-state index in [0.717, 1.165) is 18.8 Å². The molecule has 0 bridgehead atoms. The minimum Gasteiger partial charge on any atom is -0.508 e. The van der Waals surface area contributed by atoms with Crippen LogP contribution < -0.4 is 4.74 Å². The lowest BCUT2D eigenvalue weighted by atomic mass is 10.3. The van der Waals surface area contributed by atoms with E-state index in [9.17, 15) is 0 Å². The van der Waals surface area contributed by atoms with Gasteiger partial charge in [-0.05, 0) is 24.3 Å². The molecule has 1 fully saturated rings. The molecule has 1 heterocycles. The van der Waals surface area contributed by atoms with Gasteiger partial charge in [0.25, 0.3) is 0 Å². The molecule has 2 rings (SSSR count). The van der Waals surface area contributed by atoms with Crippen LogP contribution in [0.5, 0.6) is 11.5 Å². The molecule has 1 unspecified atom stereocenters. The van der Waals surface area contributed by atoms with Gasteiger partial charge in [-0.1, -0.05) is 0 Å². The predicted molar refractivity (Wildman–Crippen MR) is 48.0 cm³/mol. The van der Waals surface area contributed by atoms with Crippen LogP contribution in [0.2, 0.25) is 0 Å². The Balaban J connectivity index is 1.76. The molecule has 3 heteroatoms. The average molecular weight is 180 g/mol. The largest absolute Gasteiger partial charge is 0.508 e. The summed E-state index contributed by atoms with van der Waals surface area (Å²) >= 11 is 0. The third-order valence-electron chi connectivity index (χ3n) is 1.95. The molecule has 1 aliphatic rings. The smallest absolute Gasteiger partial charge is 0.119 e. The summed E-state index contributed by atoms with van der Waals surface area (Å²) in [5, 5.41) is 9.00. The zero-order valence-corrected chi connectivity index (χ0v) is 7.27. The normalized spacial score (nSPS) is 19.8. The van der Waals surface area contributed by atoms with Gasteiger partial charge in [-0.2, -0.15) is 0 Å². The molecular weight excluding hydrogens is 168 g/mol. The van der Waals surface area contributed by atoms with Crippen molar-refractivity contribution in [2.75, 3.05) is 13.2 Å². The van der Waals surface area contributed by atoms with Crippen molar-refractivity contribution in [3.8, 4) is 11.5 Å². The second-order valence-electron chi connectivity index (χ2n) is 3.09. The number of hydrogen-bond donors (Lipinski definition) is 1. The fourth-order valence-corrected chi connectivity index (χ4v) is 1.09. The highest BCUT2D eigenvalue weighted by Crippen LogP contribution is 2.18. The van der Waals surface area contributed by atoms with Crippen LogP contribution in [-0.2, 0) is 4.74 Å². The number of aromatic hydroxyl groups is 1. The lowest BCUT2D eigenvalue weighted by Gasteiger charge is -2.04. The van der Waals surface area contributed by atoms with Crippen molar-refractivity contribution in [2.24, 2.45) is 0 Å². The second kappa shape index (κ2) is 3.66. The van der Waals surface area contributed by atoms with Gasteiger partial charge in [0.15, 0.2) is 0 Å². The topological polar surface area (TPSA) is 42.0 Å². The number of ether oxygens (including phenoxy) is 2. The lowest BCUT2D eigenvalue weighted by Crippen LogP contribution is -2.00. The van der Waals surface area contributed by atoms with E-state index in [1.54, 1.807) is 24.3 Å². The van der Waals surface area contributed by atoms with E-state index >= 15 is 0 Å². The summed E-state index contributed by atoms with van der Waals surface area (Å²) in [5.41, 5.74) is 0. The van der Waals surface area contributed by atoms with Crippen LogP contribution in [0.4, 0.5) is 0 Å². The molecule has 1 aromatic carbocycles. The van der Waals surface area contributed by atoms with Gasteiger partial charge in [-0.15, -0.1) is 0 Å². The molecule has 0 aliphatic carbocycles. The summed E-state index contributed by atoms with van der Waals surface area (Å²) in [4.78, 5) is 0. The maximum Gasteiger partial charge on any atom is 0.119 e. The van der Waals surface area contributed by atoms with Crippen molar-refractivity contribution in [3.05, 3.63) is 24.3 Å². The maximum atomic E-state index is 9.00. The monoisotopic (exact) mass is 180 g/mol.